The number of para-hydroxylation sites is 1. The molecule has 5 rings (SSSR count). The van der Waals surface area contributed by atoms with Crippen LogP contribution in [0.2, 0.25) is 0 Å². The molecule has 1 atom stereocenters. The summed E-state index contributed by atoms with van der Waals surface area (Å²) in [6.45, 7) is 1.78. The lowest BCUT2D eigenvalue weighted by atomic mass is 9.95. The van der Waals surface area contributed by atoms with Gasteiger partial charge in [0.05, 0.1) is 33.4 Å². The fourth-order valence-electron chi connectivity index (χ4n) is 4.22. The van der Waals surface area contributed by atoms with Crippen molar-refractivity contribution in [3.63, 3.8) is 0 Å². The van der Waals surface area contributed by atoms with Gasteiger partial charge in [-0.15, -0.1) is 0 Å². The zero-order chi connectivity index (χ0) is 26.1. The monoisotopic (exact) mass is 575 g/mol. The minimum absolute atomic E-state index is 0.112. The van der Waals surface area contributed by atoms with Crippen molar-refractivity contribution in [2.45, 2.75) is 13.0 Å². The number of methoxy groups -OCH3 is 1. The van der Waals surface area contributed by atoms with Crippen LogP contribution in [0, 0.1) is 0 Å². The number of allylic oxidation sites excluding steroid dienone is 1. The molecule has 1 aromatic heterocycles. The molecule has 0 radical (unpaired) electrons. The lowest BCUT2D eigenvalue weighted by molar-refractivity contribution is -0.113. The highest BCUT2D eigenvalue weighted by Gasteiger charge is 2.32. The number of hydrogen-bond acceptors (Lipinski definition) is 6. The van der Waals surface area contributed by atoms with E-state index in [4.69, 9.17) is 4.74 Å². The summed E-state index contributed by atoms with van der Waals surface area (Å²) in [7, 11) is 1.57. The van der Waals surface area contributed by atoms with Crippen LogP contribution in [0.4, 0.5) is 5.69 Å². The molecule has 1 aliphatic rings. The van der Waals surface area contributed by atoms with E-state index in [2.05, 4.69) is 26.2 Å². The number of phenolic OH excluding ortho intramolecular Hbond substituents is 1. The maximum atomic E-state index is 13.8. The number of benzene rings is 3. The quantitative estimate of drug-likeness (QED) is 0.370. The summed E-state index contributed by atoms with van der Waals surface area (Å²) in [6.07, 6.45) is 1.75. The molecule has 4 aromatic rings. The molecule has 2 heterocycles. The predicted octanol–water partition coefficient (Wildman–Crippen LogP) is 4.35. The number of aromatic nitrogens is 1. The molecule has 0 aliphatic carbocycles. The van der Waals surface area contributed by atoms with Gasteiger partial charge < -0.3 is 15.2 Å². The number of hydrogen-bond donors (Lipinski definition) is 2. The number of phenols is 1. The zero-order valence-electron chi connectivity index (χ0n) is 19.9. The number of anilines is 1. The van der Waals surface area contributed by atoms with E-state index in [0.717, 1.165) is 11.1 Å². The lowest BCUT2D eigenvalue weighted by Crippen LogP contribution is -2.40. The van der Waals surface area contributed by atoms with Gasteiger partial charge in [0.25, 0.3) is 11.5 Å². The van der Waals surface area contributed by atoms with Gasteiger partial charge in [-0.2, -0.15) is 0 Å². The van der Waals surface area contributed by atoms with Crippen LogP contribution >= 0.6 is 27.3 Å². The average molecular weight is 576 g/mol. The van der Waals surface area contributed by atoms with Gasteiger partial charge in [-0.1, -0.05) is 47.7 Å². The zero-order valence-corrected chi connectivity index (χ0v) is 22.3. The van der Waals surface area contributed by atoms with Gasteiger partial charge in [0.2, 0.25) is 0 Å². The Hall–Kier alpha value is -3.95. The highest BCUT2D eigenvalue weighted by molar-refractivity contribution is 9.10. The molecule has 2 N–H and O–H groups in total. The molecule has 0 bridgehead atoms. The Morgan fingerprint density at radius 2 is 1.92 bits per heavy atom. The Labute approximate surface area is 224 Å². The molecular weight excluding hydrogens is 554 g/mol. The van der Waals surface area contributed by atoms with Gasteiger partial charge in [-0.05, 0) is 76.5 Å². The van der Waals surface area contributed by atoms with Crippen molar-refractivity contribution in [1.82, 2.24) is 4.57 Å². The SMILES string of the molecule is COc1cccc(C2C(C(=O)Nc3ccccc3)=C(C)N=c3s/c(=C/c4ccc(O)c(Br)c4)c(=O)n32)c1. The fraction of sp³-hybridized carbons (Fsp3) is 0.107. The number of carbonyl (C=O) groups excluding carboxylic acids is 1. The molecule has 0 saturated carbocycles. The summed E-state index contributed by atoms with van der Waals surface area (Å²) in [5.74, 6) is 0.393. The van der Waals surface area contributed by atoms with Crippen LogP contribution in [0.3, 0.4) is 0 Å². The number of halogens is 1. The molecular formula is C28H22BrN3O4S. The van der Waals surface area contributed by atoms with E-state index in [0.29, 0.717) is 36.5 Å². The first-order valence-corrected chi connectivity index (χ1v) is 13.0. The number of nitrogens with one attached hydrogen (secondary N) is 1. The van der Waals surface area contributed by atoms with Gasteiger partial charge >= 0.3 is 0 Å². The van der Waals surface area contributed by atoms with Gasteiger partial charge in [-0.3, -0.25) is 14.2 Å². The Kier molecular flexibility index (Phi) is 6.82. The third-order valence-corrected chi connectivity index (χ3v) is 7.60. The Morgan fingerprint density at radius 1 is 1.14 bits per heavy atom. The minimum Gasteiger partial charge on any atom is -0.507 e. The topological polar surface area (TPSA) is 92.9 Å². The predicted molar refractivity (Wildman–Crippen MR) is 148 cm³/mol. The molecule has 0 spiro atoms. The third-order valence-electron chi connectivity index (χ3n) is 5.98. The van der Waals surface area contributed by atoms with Crippen LogP contribution in [0.5, 0.6) is 11.5 Å². The molecule has 1 aliphatic heterocycles. The van der Waals surface area contributed by atoms with Gasteiger partial charge in [0.1, 0.15) is 11.5 Å². The summed E-state index contributed by atoms with van der Waals surface area (Å²) >= 11 is 4.57. The maximum absolute atomic E-state index is 13.8. The molecule has 186 valence electrons. The standard InChI is InChI=1S/C28H22BrN3O4S/c1-16-24(26(34)31-19-8-4-3-5-9-19)25(18-7-6-10-20(15-18)36-2)32-27(35)23(37-28(32)30-16)14-17-11-12-22(33)21(29)13-17/h3-15,25,33H,1-2H3,(H,31,34)/b23-14+. The van der Waals surface area contributed by atoms with Crippen molar-refractivity contribution in [2.75, 3.05) is 12.4 Å². The van der Waals surface area contributed by atoms with Crippen LogP contribution in [-0.4, -0.2) is 22.7 Å². The highest BCUT2D eigenvalue weighted by Crippen LogP contribution is 2.32. The second-order valence-corrected chi connectivity index (χ2v) is 10.3. The highest BCUT2D eigenvalue weighted by atomic mass is 79.9. The third kappa shape index (κ3) is 4.87. The minimum atomic E-state index is -0.705. The van der Waals surface area contributed by atoms with Crippen molar-refractivity contribution in [1.29, 1.82) is 0 Å². The van der Waals surface area contributed by atoms with Gasteiger partial charge in [-0.25, -0.2) is 4.99 Å². The summed E-state index contributed by atoms with van der Waals surface area (Å²) in [6, 6.07) is 20.8. The molecule has 37 heavy (non-hydrogen) atoms. The Balaban J connectivity index is 1.69. The van der Waals surface area contributed by atoms with Crippen LogP contribution in [0.15, 0.2) is 98.3 Å². The Morgan fingerprint density at radius 3 is 2.65 bits per heavy atom. The number of carbonyl (C=O) groups is 1. The maximum Gasteiger partial charge on any atom is 0.271 e. The van der Waals surface area contributed by atoms with E-state index in [1.807, 2.05) is 42.5 Å². The fourth-order valence-corrected chi connectivity index (χ4v) is 5.67. The Bertz CT molecular complexity index is 1720. The van der Waals surface area contributed by atoms with E-state index in [1.165, 1.54) is 11.3 Å². The number of fused-ring (bicyclic) bond motifs is 1. The van der Waals surface area contributed by atoms with E-state index < -0.39 is 6.04 Å². The second-order valence-electron chi connectivity index (χ2n) is 8.39. The summed E-state index contributed by atoms with van der Waals surface area (Å²) in [4.78, 5) is 32.5. The van der Waals surface area contributed by atoms with Crippen LogP contribution in [0.25, 0.3) is 6.08 Å². The van der Waals surface area contributed by atoms with Crippen molar-refractivity contribution >= 4 is 44.9 Å². The first-order valence-electron chi connectivity index (χ1n) is 11.4. The normalized spacial score (nSPS) is 15.2. The summed E-state index contributed by atoms with van der Waals surface area (Å²) < 4.78 is 7.98. The average Bonchev–Trinajstić information content (AvgIpc) is 3.20. The molecule has 0 fully saturated rings. The first-order chi connectivity index (χ1) is 17.9. The van der Waals surface area contributed by atoms with Crippen molar-refractivity contribution in [3.05, 3.63) is 119 Å². The number of nitrogens with zero attached hydrogens (tertiary/aromatic N) is 2. The van der Waals surface area contributed by atoms with Crippen LogP contribution < -0.4 is 24.9 Å². The number of rotatable bonds is 5. The van der Waals surface area contributed by atoms with Crippen LogP contribution in [0.1, 0.15) is 24.1 Å². The summed E-state index contributed by atoms with van der Waals surface area (Å²) in [5, 5.41) is 12.8. The molecule has 0 saturated heterocycles. The van der Waals surface area contributed by atoms with Crippen LogP contribution in [-0.2, 0) is 4.79 Å². The van der Waals surface area contributed by atoms with Gasteiger partial charge in [0, 0.05) is 5.69 Å². The molecule has 3 aromatic carbocycles. The molecule has 1 unspecified atom stereocenters. The molecule has 7 nitrogen and oxygen atoms in total. The van der Waals surface area contributed by atoms with E-state index in [9.17, 15) is 14.7 Å². The number of aromatic hydroxyl groups is 1. The van der Waals surface area contributed by atoms with Gasteiger partial charge in [0.15, 0.2) is 4.80 Å². The smallest absolute Gasteiger partial charge is 0.271 e. The van der Waals surface area contributed by atoms with E-state index >= 15 is 0 Å². The van der Waals surface area contributed by atoms with Crippen molar-refractivity contribution < 1.29 is 14.6 Å². The van der Waals surface area contributed by atoms with E-state index in [-0.39, 0.29) is 17.2 Å². The largest absolute Gasteiger partial charge is 0.507 e. The van der Waals surface area contributed by atoms with E-state index in [1.54, 1.807) is 55.0 Å². The number of ether oxygens (including phenoxy) is 1. The van der Waals surface area contributed by atoms with Crippen molar-refractivity contribution in [3.8, 4) is 11.5 Å². The first kappa shape index (κ1) is 24.7. The number of amides is 1. The second kappa shape index (κ2) is 10.2. The molecule has 1 amide bonds. The number of thiazole rings is 1. The summed E-state index contributed by atoms with van der Waals surface area (Å²) in [5.41, 5.74) is 2.76. The molecule has 9 heteroatoms. The van der Waals surface area contributed by atoms with Crippen molar-refractivity contribution in [2.24, 2.45) is 4.99 Å². The lowest BCUT2D eigenvalue weighted by Gasteiger charge is -2.25.